The number of carbonyl (C=O) groups excluding carboxylic acids is 1. The summed E-state index contributed by atoms with van der Waals surface area (Å²) in [5, 5.41) is 10.8. The van der Waals surface area contributed by atoms with Crippen molar-refractivity contribution in [1.29, 1.82) is 0 Å². The minimum absolute atomic E-state index is 0.0373. The molecule has 0 radical (unpaired) electrons. The molecular weight excluding hydrogens is 408 g/mol. The van der Waals surface area contributed by atoms with Gasteiger partial charge in [0.25, 0.3) is 0 Å². The number of aromatic nitrogens is 1. The Balaban J connectivity index is 2.00. The largest absolute Gasteiger partial charge is 0.481 e. The maximum atomic E-state index is 12.4. The van der Waals surface area contributed by atoms with Crippen LogP contribution in [0.15, 0.2) is 46.2 Å². The van der Waals surface area contributed by atoms with Crippen LogP contribution >= 0.6 is 23.4 Å². The average Bonchev–Trinajstić information content (AvgIpc) is 3.22. The van der Waals surface area contributed by atoms with Crippen LogP contribution in [0.5, 0.6) is 0 Å². The highest BCUT2D eigenvalue weighted by molar-refractivity contribution is 7.99. The minimum Gasteiger partial charge on any atom is -0.481 e. The summed E-state index contributed by atoms with van der Waals surface area (Å²) in [5.74, 6) is -1.09. The average molecular weight is 425 g/mol. The zero-order valence-electron chi connectivity index (χ0n) is 15.6. The number of carboxylic acid groups (broad SMARTS) is 1. The van der Waals surface area contributed by atoms with Gasteiger partial charge in [0.1, 0.15) is 0 Å². The maximum Gasteiger partial charge on any atom is 0.304 e. The normalized spacial score (nSPS) is 15.3. The van der Waals surface area contributed by atoms with Gasteiger partial charge in [0, 0.05) is 49.4 Å². The summed E-state index contributed by atoms with van der Waals surface area (Å²) in [4.78, 5) is 29.2. The number of carboxylic acids is 1. The van der Waals surface area contributed by atoms with E-state index in [1.165, 1.54) is 18.7 Å². The van der Waals surface area contributed by atoms with E-state index in [0.29, 0.717) is 22.8 Å². The highest BCUT2D eigenvalue weighted by atomic mass is 35.5. The van der Waals surface area contributed by atoms with Gasteiger partial charge in [-0.15, -0.1) is 0 Å². The van der Waals surface area contributed by atoms with Gasteiger partial charge in [0.15, 0.2) is 11.5 Å². The van der Waals surface area contributed by atoms with Gasteiger partial charge in [0.05, 0.1) is 13.0 Å². The third-order valence-corrected chi connectivity index (χ3v) is 6.57. The van der Waals surface area contributed by atoms with Crippen LogP contribution in [0.1, 0.15) is 41.7 Å². The first-order valence-corrected chi connectivity index (χ1v) is 10.3. The van der Waals surface area contributed by atoms with Crippen molar-refractivity contribution in [2.45, 2.75) is 42.0 Å². The Morgan fingerprint density at radius 3 is 2.66 bits per heavy atom. The number of hydrogen-bond donors (Lipinski definition) is 1. The predicted molar refractivity (Wildman–Crippen MR) is 113 cm³/mol. The number of rotatable bonds is 5. The molecule has 1 N–H and O–H groups in total. The van der Waals surface area contributed by atoms with Crippen LogP contribution in [0.2, 0.25) is 5.02 Å². The second-order valence-electron chi connectivity index (χ2n) is 7.06. The molecule has 4 rings (SSSR count). The number of hydrogen-bond acceptors (Lipinski definition) is 3. The summed E-state index contributed by atoms with van der Waals surface area (Å²) in [6.07, 6.45) is 0.763. The summed E-state index contributed by atoms with van der Waals surface area (Å²) in [6.45, 7) is 9.57. The smallest absolute Gasteiger partial charge is 0.304 e. The van der Waals surface area contributed by atoms with E-state index in [-0.39, 0.29) is 18.1 Å². The summed E-state index contributed by atoms with van der Waals surface area (Å²) in [6, 6.07) is 10.9. The van der Waals surface area contributed by atoms with Crippen LogP contribution in [0.3, 0.4) is 0 Å². The molecule has 0 saturated carbocycles. The van der Waals surface area contributed by atoms with Gasteiger partial charge in [0.2, 0.25) is 0 Å². The number of aliphatic carboxylic acids is 1. The molecule has 1 unspecified atom stereocenters. The second-order valence-corrected chi connectivity index (χ2v) is 8.58. The SMILES string of the molecule is [C-]#[N+]c1cc(C(C)=O)c2c(Sc3ccc(Cl)cc3)c3n(c2c1)CCC3CC(=O)O. The summed E-state index contributed by atoms with van der Waals surface area (Å²) < 4.78 is 2.09. The molecule has 2 aromatic carbocycles. The molecule has 3 aromatic rings. The summed E-state index contributed by atoms with van der Waals surface area (Å²) in [7, 11) is 0. The fourth-order valence-electron chi connectivity index (χ4n) is 3.99. The standard InChI is InChI=1S/C22H17ClN2O3S/c1-12(26)17-10-15(24-2)11-18-20(17)22(29-16-5-3-14(23)4-6-16)21-13(9-19(27)28)7-8-25(18)21/h3-6,10-11,13H,7-9H2,1H3,(H,27,28). The van der Waals surface area contributed by atoms with Crippen LogP contribution in [0.4, 0.5) is 5.69 Å². The van der Waals surface area contributed by atoms with Crippen LogP contribution in [-0.2, 0) is 11.3 Å². The lowest BCUT2D eigenvalue weighted by Gasteiger charge is -2.11. The molecule has 1 atom stereocenters. The number of ketones is 1. The van der Waals surface area contributed by atoms with Crippen molar-refractivity contribution < 1.29 is 14.7 Å². The maximum absolute atomic E-state index is 12.4. The van der Waals surface area contributed by atoms with E-state index in [1.807, 2.05) is 12.1 Å². The highest BCUT2D eigenvalue weighted by Gasteiger charge is 2.33. The van der Waals surface area contributed by atoms with E-state index >= 15 is 0 Å². The number of fused-ring (bicyclic) bond motifs is 3. The minimum atomic E-state index is -0.843. The van der Waals surface area contributed by atoms with Crippen LogP contribution in [0.25, 0.3) is 15.7 Å². The van der Waals surface area contributed by atoms with E-state index in [1.54, 1.807) is 24.3 Å². The molecule has 1 aliphatic rings. The fraction of sp³-hybridized carbons (Fsp3) is 0.227. The lowest BCUT2D eigenvalue weighted by molar-refractivity contribution is -0.137. The van der Waals surface area contributed by atoms with Crippen LogP contribution < -0.4 is 0 Å². The van der Waals surface area contributed by atoms with E-state index in [0.717, 1.165) is 32.8 Å². The van der Waals surface area contributed by atoms with Crippen molar-refractivity contribution in [3.8, 4) is 0 Å². The molecule has 0 aliphatic carbocycles. The van der Waals surface area contributed by atoms with Gasteiger partial charge in [-0.2, -0.15) is 0 Å². The van der Waals surface area contributed by atoms with Crippen molar-refractivity contribution >= 4 is 51.7 Å². The number of halogens is 1. The first-order valence-electron chi connectivity index (χ1n) is 9.12. The van der Waals surface area contributed by atoms with E-state index in [4.69, 9.17) is 18.2 Å². The molecule has 0 amide bonds. The number of carbonyl (C=O) groups is 2. The molecule has 0 spiro atoms. The van der Waals surface area contributed by atoms with Crippen molar-refractivity contribution in [2.75, 3.05) is 0 Å². The molecule has 1 aliphatic heterocycles. The first-order chi connectivity index (χ1) is 13.9. The Morgan fingerprint density at radius 1 is 1.31 bits per heavy atom. The quantitative estimate of drug-likeness (QED) is 0.393. The van der Waals surface area contributed by atoms with Gasteiger partial charge in [-0.05, 0) is 49.7 Å². The molecular formula is C22H17ClN2O3S. The van der Waals surface area contributed by atoms with Crippen LogP contribution in [-0.4, -0.2) is 21.4 Å². The second kappa shape index (κ2) is 7.58. The molecule has 1 aromatic heterocycles. The predicted octanol–water partition coefficient (Wildman–Crippen LogP) is 6.16. The van der Waals surface area contributed by atoms with Gasteiger partial charge in [-0.25, -0.2) is 4.85 Å². The number of Topliss-reactive ketones (excluding diaryl/α,β-unsaturated/α-hetero) is 1. The zero-order chi connectivity index (χ0) is 20.7. The van der Waals surface area contributed by atoms with Crippen molar-refractivity contribution in [2.24, 2.45) is 0 Å². The van der Waals surface area contributed by atoms with Crippen molar-refractivity contribution in [3.63, 3.8) is 0 Å². The van der Waals surface area contributed by atoms with Gasteiger partial charge in [-0.3, -0.25) is 9.59 Å². The molecule has 7 heteroatoms. The Labute approximate surface area is 177 Å². The third kappa shape index (κ3) is 3.52. The van der Waals surface area contributed by atoms with Crippen LogP contribution in [0, 0.1) is 6.57 Å². The summed E-state index contributed by atoms with van der Waals surface area (Å²) >= 11 is 7.52. The van der Waals surface area contributed by atoms with Crippen molar-refractivity contribution in [3.05, 3.63) is 64.1 Å². The third-order valence-electron chi connectivity index (χ3n) is 5.19. The Hall–Kier alpha value is -2.75. The summed E-state index contributed by atoms with van der Waals surface area (Å²) in [5.41, 5.74) is 2.67. The van der Waals surface area contributed by atoms with Gasteiger partial charge < -0.3 is 9.67 Å². The first kappa shape index (κ1) is 19.6. The van der Waals surface area contributed by atoms with E-state index in [9.17, 15) is 14.7 Å². The monoisotopic (exact) mass is 424 g/mol. The van der Waals surface area contributed by atoms with Gasteiger partial charge in [-0.1, -0.05) is 23.4 Å². The van der Waals surface area contributed by atoms with E-state index in [2.05, 4.69) is 9.41 Å². The topological polar surface area (TPSA) is 63.7 Å². The zero-order valence-corrected chi connectivity index (χ0v) is 17.2. The molecule has 5 nitrogen and oxygen atoms in total. The molecule has 29 heavy (non-hydrogen) atoms. The Bertz CT molecular complexity index is 1190. The highest BCUT2D eigenvalue weighted by Crippen LogP contribution is 2.48. The lowest BCUT2D eigenvalue weighted by Crippen LogP contribution is -2.04. The fourth-order valence-corrected chi connectivity index (χ4v) is 5.32. The Kier molecular flexibility index (Phi) is 5.12. The molecule has 146 valence electrons. The van der Waals surface area contributed by atoms with Crippen molar-refractivity contribution in [1.82, 2.24) is 4.57 Å². The lowest BCUT2D eigenvalue weighted by atomic mass is 9.98. The molecule has 0 fully saturated rings. The Morgan fingerprint density at radius 2 is 2.03 bits per heavy atom. The van der Waals surface area contributed by atoms with Gasteiger partial charge >= 0.3 is 5.97 Å². The van der Waals surface area contributed by atoms with E-state index < -0.39 is 5.97 Å². The number of aryl methyl sites for hydroxylation is 1. The molecule has 0 saturated heterocycles. The molecule has 0 bridgehead atoms. The number of benzene rings is 2. The number of nitrogens with zero attached hydrogens (tertiary/aromatic N) is 2. The molecule has 2 heterocycles.